The van der Waals surface area contributed by atoms with Gasteiger partial charge in [-0.05, 0) is 65.2 Å². The second-order valence-corrected chi connectivity index (χ2v) is 9.33. The van der Waals surface area contributed by atoms with Crippen molar-refractivity contribution in [1.29, 1.82) is 0 Å². The number of carbonyl (C=O) groups excluding carboxylic acids is 4. The van der Waals surface area contributed by atoms with E-state index >= 15 is 0 Å². The van der Waals surface area contributed by atoms with Crippen LogP contribution in [-0.4, -0.2) is 52.5 Å². The Hall–Kier alpha value is -3.91. The molecule has 0 saturated carbocycles. The van der Waals surface area contributed by atoms with Crippen molar-refractivity contribution in [1.82, 2.24) is 9.80 Å². The fourth-order valence-corrected chi connectivity index (χ4v) is 5.03. The maximum Gasteiger partial charge on any atom is 0.344 e. The van der Waals surface area contributed by atoms with Crippen LogP contribution in [0, 0.1) is 0 Å². The van der Waals surface area contributed by atoms with Crippen molar-refractivity contribution in [2.24, 2.45) is 0 Å². The highest BCUT2D eigenvalue weighted by molar-refractivity contribution is 8.18. The van der Waals surface area contributed by atoms with Crippen molar-refractivity contribution >= 4 is 51.6 Å². The SMILES string of the molecule is O=C(Oc1ccc(/C=C2\SC(=O)N(CC(=O)N3CCCC3)C2=O)cc1)c1cccc2ccccc12. The van der Waals surface area contributed by atoms with E-state index in [-0.39, 0.29) is 17.4 Å². The number of benzene rings is 3. The Morgan fingerprint density at radius 1 is 0.914 bits per heavy atom. The molecule has 3 amide bonds. The Morgan fingerprint density at radius 2 is 1.63 bits per heavy atom. The highest BCUT2D eigenvalue weighted by Crippen LogP contribution is 2.32. The summed E-state index contributed by atoms with van der Waals surface area (Å²) in [5, 5.41) is 1.32. The van der Waals surface area contributed by atoms with Crippen LogP contribution in [0.4, 0.5) is 4.79 Å². The third-order valence-corrected chi connectivity index (χ3v) is 6.93. The summed E-state index contributed by atoms with van der Waals surface area (Å²) in [6, 6.07) is 19.7. The number of amides is 3. The molecule has 3 aromatic carbocycles. The minimum absolute atomic E-state index is 0.205. The predicted octanol–water partition coefficient (Wildman–Crippen LogP) is 4.72. The van der Waals surface area contributed by atoms with Gasteiger partial charge in [0.1, 0.15) is 12.3 Å². The first-order valence-corrected chi connectivity index (χ1v) is 12.1. The second kappa shape index (κ2) is 9.76. The molecule has 2 saturated heterocycles. The van der Waals surface area contributed by atoms with Gasteiger partial charge in [0.15, 0.2) is 0 Å². The molecule has 7 nitrogen and oxygen atoms in total. The van der Waals surface area contributed by atoms with Crippen LogP contribution < -0.4 is 4.74 Å². The van der Waals surface area contributed by atoms with Crippen molar-refractivity contribution in [3.8, 4) is 5.75 Å². The minimum Gasteiger partial charge on any atom is -0.423 e. The van der Waals surface area contributed by atoms with E-state index in [0.29, 0.717) is 30.0 Å². The summed E-state index contributed by atoms with van der Waals surface area (Å²) in [5.41, 5.74) is 1.15. The van der Waals surface area contributed by atoms with Gasteiger partial charge in [-0.1, -0.05) is 48.5 Å². The zero-order valence-electron chi connectivity index (χ0n) is 18.8. The number of rotatable bonds is 5. The summed E-state index contributed by atoms with van der Waals surface area (Å²) in [4.78, 5) is 53.1. The van der Waals surface area contributed by atoms with Gasteiger partial charge in [-0.3, -0.25) is 19.3 Å². The molecule has 8 heteroatoms. The molecule has 0 bridgehead atoms. The molecule has 3 aromatic rings. The van der Waals surface area contributed by atoms with Crippen molar-refractivity contribution in [2.75, 3.05) is 19.6 Å². The van der Waals surface area contributed by atoms with Gasteiger partial charge >= 0.3 is 5.97 Å². The number of ether oxygens (including phenoxy) is 1. The van der Waals surface area contributed by atoms with Crippen LogP contribution in [0.1, 0.15) is 28.8 Å². The highest BCUT2D eigenvalue weighted by atomic mass is 32.2. The molecule has 2 aliphatic heterocycles. The fraction of sp³-hybridized carbons (Fsp3) is 0.185. The Morgan fingerprint density at radius 3 is 2.40 bits per heavy atom. The van der Waals surface area contributed by atoms with Gasteiger partial charge in [0, 0.05) is 13.1 Å². The number of likely N-dealkylation sites (tertiary alicyclic amines) is 1. The van der Waals surface area contributed by atoms with Crippen LogP contribution in [-0.2, 0) is 9.59 Å². The molecule has 0 unspecified atom stereocenters. The smallest absolute Gasteiger partial charge is 0.344 e. The van der Waals surface area contributed by atoms with Gasteiger partial charge in [0.25, 0.3) is 11.1 Å². The van der Waals surface area contributed by atoms with E-state index in [1.54, 1.807) is 41.3 Å². The van der Waals surface area contributed by atoms with E-state index in [2.05, 4.69) is 0 Å². The van der Waals surface area contributed by atoms with Crippen LogP contribution in [0.25, 0.3) is 16.8 Å². The molecular weight excluding hydrogens is 464 g/mol. The number of esters is 1. The summed E-state index contributed by atoms with van der Waals surface area (Å²) < 4.78 is 5.54. The van der Waals surface area contributed by atoms with E-state index in [9.17, 15) is 19.2 Å². The molecule has 35 heavy (non-hydrogen) atoms. The van der Waals surface area contributed by atoms with Crippen molar-refractivity contribution < 1.29 is 23.9 Å². The average Bonchev–Trinajstić information content (AvgIpc) is 3.50. The Bertz CT molecular complexity index is 1350. The molecule has 2 heterocycles. The van der Waals surface area contributed by atoms with Crippen molar-refractivity contribution in [2.45, 2.75) is 12.8 Å². The maximum atomic E-state index is 12.7. The maximum absolute atomic E-state index is 12.7. The molecule has 5 rings (SSSR count). The highest BCUT2D eigenvalue weighted by Gasteiger charge is 2.37. The van der Waals surface area contributed by atoms with E-state index in [4.69, 9.17) is 4.74 Å². The number of imide groups is 1. The zero-order valence-corrected chi connectivity index (χ0v) is 19.6. The van der Waals surface area contributed by atoms with Gasteiger partial charge in [-0.2, -0.15) is 0 Å². The number of nitrogens with zero attached hydrogens (tertiary/aromatic N) is 2. The third-order valence-electron chi connectivity index (χ3n) is 6.02. The lowest BCUT2D eigenvalue weighted by atomic mass is 10.0. The van der Waals surface area contributed by atoms with Crippen LogP contribution in [0.2, 0.25) is 0 Å². The van der Waals surface area contributed by atoms with E-state index in [0.717, 1.165) is 40.3 Å². The van der Waals surface area contributed by atoms with E-state index < -0.39 is 17.1 Å². The first kappa shape index (κ1) is 22.9. The second-order valence-electron chi connectivity index (χ2n) is 8.34. The lowest BCUT2D eigenvalue weighted by Gasteiger charge is -2.18. The van der Waals surface area contributed by atoms with Crippen molar-refractivity contribution in [3.05, 3.63) is 82.8 Å². The average molecular weight is 487 g/mol. The number of hydrogen-bond acceptors (Lipinski definition) is 6. The molecule has 0 atom stereocenters. The molecule has 0 radical (unpaired) electrons. The monoisotopic (exact) mass is 486 g/mol. The van der Waals surface area contributed by atoms with Gasteiger partial charge < -0.3 is 9.64 Å². The molecule has 0 aliphatic carbocycles. The number of thioether (sulfide) groups is 1. The topological polar surface area (TPSA) is 84.0 Å². The standard InChI is InChI=1S/C27H22N2O5S/c30-24(28-14-3-4-15-28)17-29-25(31)23(35-27(29)33)16-18-10-12-20(13-11-18)34-26(32)22-9-5-7-19-6-1-2-8-21(19)22/h1-2,5-13,16H,3-4,14-15,17H2/b23-16-. The summed E-state index contributed by atoms with van der Waals surface area (Å²) in [6.07, 6.45) is 3.49. The largest absolute Gasteiger partial charge is 0.423 e. The van der Waals surface area contributed by atoms with Crippen LogP contribution in [0.3, 0.4) is 0 Å². The Balaban J connectivity index is 1.26. The summed E-state index contributed by atoms with van der Waals surface area (Å²) in [5.74, 6) is -0.773. The van der Waals surface area contributed by atoms with E-state index in [1.807, 2.05) is 36.4 Å². The number of hydrogen-bond donors (Lipinski definition) is 0. The quantitative estimate of drug-likeness (QED) is 0.295. The third kappa shape index (κ3) is 4.83. The Kier molecular flexibility index (Phi) is 6.37. The lowest BCUT2D eigenvalue weighted by molar-refractivity contribution is -0.135. The van der Waals surface area contributed by atoms with Gasteiger partial charge in [-0.15, -0.1) is 0 Å². The zero-order chi connectivity index (χ0) is 24.4. The molecular formula is C27H22N2O5S. The van der Waals surface area contributed by atoms with Crippen LogP contribution in [0.15, 0.2) is 71.6 Å². The van der Waals surface area contributed by atoms with Crippen molar-refractivity contribution in [3.63, 3.8) is 0 Å². The van der Waals surface area contributed by atoms with E-state index in [1.165, 1.54) is 0 Å². The van der Waals surface area contributed by atoms with Gasteiger partial charge in [0.05, 0.1) is 10.5 Å². The minimum atomic E-state index is -0.473. The van der Waals surface area contributed by atoms with Crippen LogP contribution in [0.5, 0.6) is 5.75 Å². The first-order valence-electron chi connectivity index (χ1n) is 11.3. The molecule has 2 fully saturated rings. The molecule has 0 aromatic heterocycles. The van der Waals surface area contributed by atoms with Gasteiger partial charge in [-0.25, -0.2) is 4.79 Å². The van der Waals surface area contributed by atoms with Gasteiger partial charge in [0.2, 0.25) is 5.91 Å². The predicted molar refractivity (Wildman–Crippen MR) is 134 cm³/mol. The number of carbonyl (C=O) groups is 4. The normalized spacial score (nSPS) is 17.0. The summed E-state index contributed by atoms with van der Waals surface area (Å²) >= 11 is 0.817. The summed E-state index contributed by atoms with van der Waals surface area (Å²) in [7, 11) is 0. The molecule has 0 N–H and O–H groups in total. The molecule has 2 aliphatic rings. The molecule has 176 valence electrons. The molecule has 0 spiro atoms. The first-order chi connectivity index (χ1) is 17.0. The lowest BCUT2D eigenvalue weighted by Crippen LogP contribution is -2.40. The summed E-state index contributed by atoms with van der Waals surface area (Å²) in [6.45, 7) is 1.11. The van der Waals surface area contributed by atoms with Crippen LogP contribution >= 0.6 is 11.8 Å². The Labute approximate surface area is 206 Å². The number of fused-ring (bicyclic) bond motifs is 1. The fourth-order valence-electron chi connectivity index (χ4n) is 4.19.